The zero-order valence-corrected chi connectivity index (χ0v) is 8.77. The smallest absolute Gasteiger partial charge is 0.0996 e. The summed E-state index contributed by atoms with van der Waals surface area (Å²) < 4.78 is 0. The Morgan fingerprint density at radius 3 is 2.40 bits per heavy atom. The first-order chi connectivity index (χ1) is 7.36. The van der Waals surface area contributed by atoms with Crippen LogP contribution in [0.5, 0.6) is 0 Å². The van der Waals surface area contributed by atoms with E-state index in [2.05, 4.69) is 32.6 Å². The molecule has 0 unspecified atom stereocenters. The summed E-state index contributed by atoms with van der Waals surface area (Å²) in [7, 11) is 2.08. The second-order valence-electron chi connectivity index (χ2n) is 3.05. The summed E-state index contributed by atoms with van der Waals surface area (Å²) in [5.74, 6) is 0. The number of benzene rings is 1. The molecule has 0 aliphatic rings. The van der Waals surface area contributed by atoms with Crippen LogP contribution in [0.25, 0.3) is 0 Å². The van der Waals surface area contributed by atoms with E-state index < -0.39 is 0 Å². The number of rotatable bonds is 5. The molecule has 0 saturated carbocycles. The first-order valence-corrected chi connectivity index (χ1v) is 4.88. The van der Waals surface area contributed by atoms with Gasteiger partial charge in [0.1, 0.15) is 0 Å². The van der Waals surface area contributed by atoms with E-state index in [-0.39, 0.29) is 0 Å². The Kier molecular flexibility index (Phi) is 5.03. The van der Waals surface area contributed by atoms with Crippen molar-refractivity contribution in [2.45, 2.75) is 0 Å². The Hall–Kier alpha value is -1.76. The molecule has 0 aromatic heterocycles. The van der Waals surface area contributed by atoms with Crippen LogP contribution >= 0.6 is 0 Å². The molecule has 15 heavy (non-hydrogen) atoms. The van der Waals surface area contributed by atoms with E-state index in [0.717, 1.165) is 5.47 Å². The van der Waals surface area contributed by atoms with Crippen LogP contribution in [-0.4, -0.2) is 7.28 Å². The van der Waals surface area contributed by atoms with Crippen molar-refractivity contribution >= 4 is 12.7 Å². The molecule has 0 aliphatic heterocycles. The lowest BCUT2D eigenvalue weighted by Crippen LogP contribution is -2.14. The first kappa shape index (κ1) is 11.3. The number of allylic oxidation sites excluding steroid dienone is 6. The minimum atomic E-state index is 1.08. The lowest BCUT2D eigenvalue weighted by molar-refractivity contribution is 1.75. The maximum Gasteiger partial charge on any atom is 0.191 e. The average Bonchev–Trinajstić information content (AvgIpc) is 2.29. The Bertz CT molecular complexity index is 372. The average molecular weight is 193 g/mol. The molecule has 0 nitrogen and oxygen atoms in total. The summed E-state index contributed by atoms with van der Waals surface area (Å²) in [6.45, 7) is 7.39. The molecule has 0 amide bonds. The van der Waals surface area contributed by atoms with Crippen molar-refractivity contribution in [3.8, 4) is 0 Å². The van der Waals surface area contributed by atoms with Crippen LogP contribution < -0.4 is 5.46 Å². The standard InChI is InChI=1S/C14H14B/c1-3-5-7-10-13(4-2)15-14-11-8-6-9-12-14/h3-12H,1-2H2/b7-5-,13-10+. The Morgan fingerprint density at radius 1 is 1.07 bits per heavy atom. The van der Waals surface area contributed by atoms with E-state index in [4.69, 9.17) is 0 Å². The van der Waals surface area contributed by atoms with E-state index in [1.807, 2.05) is 42.5 Å². The molecule has 1 radical (unpaired) electrons. The fourth-order valence-corrected chi connectivity index (χ4v) is 1.16. The summed E-state index contributed by atoms with van der Waals surface area (Å²) in [4.78, 5) is 0. The van der Waals surface area contributed by atoms with Gasteiger partial charge in [-0.05, 0) is 0 Å². The molecule has 0 fully saturated rings. The molecule has 0 saturated heterocycles. The predicted octanol–water partition coefficient (Wildman–Crippen LogP) is 2.83. The lowest BCUT2D eigenvalue weighted by Gasteiger charge is -1.98. The van der Waals surface area contributed by atoms with Gasteiger partial charge in [0.25, 0.3) is 0 Å². The molecule has 73 valence electrons. The molecule has 1 rings (SSSR count). The van der Waals surface area contributed by atoms with Crippen LogP contribution in [0.4, 0.5) is 0 Å². The third-order valence-corrected chi connectivity index (χ3v) is 1.90. The highest BCUT2D eigenvalue weighted by Crippen LogP contribution is 1.95. The summed E-state index contributed by atoms with van der Waals surface area (Å²) in [6.07, 6.45) is 9.42. The summed E-state index contributed by atoms with van der Waals surface area (Å²) in [5, 5.41) is 0. The van der Waals surface area contributed by atoms with Gasteiger partial charge in [-0.25, -0.2) is 0 Å². The predicted molar refractivity (Wildman–Crippen MR) is 69.4 cm³/mol. The molecule has 0 bridgehead atoms. The third kappa shape index (κ3) is 4.32. The van der Waals surface area contributed by atoms with Crippen molar-refractivity contribution in [2.75, 3.05) is 0 Å². The van der Waals surface area contributed by atoms with Gasteiger partial charge in [-0.15, -0.1) is 0 Å². The monoisotopic (exact) mass is 193 g/mol. The van der Waals surface area contributed by atoms with Gasteiger partial charge in [-0.1, -0.05) is 84.8 Å². The summed E-state index contributed by atoms with van der Waals surface area (Å²) in [5.41, 5.74) is 2.26. The van der Waals surface area contributed by atoms with Crippen LogP contribution in [0.3, 0.4) is 0 Å². The van der Waals surface area contributed by atoms with Crippen molar-refractivity contribution in [2.24, 2.45) is 0 Å². The van der Waals surface area contributed by atoms with Gasteiger partial charge in [0, 0.05) is 0 Å². The molecular weight excluding hydrogens is 179 g/mol. The van der Waals surface area contributed by atoms with Crippen LogP contribution in [0.15, 0.2) is 79.3 Å². The number of hydrogen-bond acceptors (Lipinski definition) is 0. The fourth-order valence-electron chi connectivity index (χ4n) is 1.16. The Labute approximate surface area is 92.6 Å². The van der Waals surface area contributed by atoms with E-state index >= 15 is 0 Å². The van der Waals surface area contributed by atoms with Gasteiger partial charge in [0.05, 0.1) is 0 Å². The highest BCUT2D eigenvalue weighted by molar-refractivity contribution is 6.61. The fraction of sp³-hybridized carbons (Fsp3) is 0. The summed E-state index contributed by atoms with van der Waals surface area (Å²) >= 11 is 0. The molecule has 0 N–H and O–H groups in total. The van der Waals surface area contributed by atoms with Crippen molar-refractivity contribution < 1.29 is 0 Å². The van der Waals surface area contributed by atoms with Gasteiger partial charge in [0.2, 0.25) is 0 Å². The van der Waals surface area contributed by atoms with Crippen LogP contribution in [0.1, 0.15) is 0 Å². The maximum atomic E-state index is 3.78. The number of hydrogen-bond donors (Lipinski definition) is 0. The minimum Gasteiger partial charge on any atom is -0.0996 e. The second kappa shape index (κ2) is 6.66. The van der Waals surface area contributed by atoms with Crippen molar-refractivity contribution in [3.05, 3.63) is 79.3 Å². The highest BCUT2D eigenvalue weighted by atomic mass is 13.8. The topological polar surface area (TPSA) is 0 Å². The maximum absolute atomic E-state index is 3.78. The largest absolute Gasteiger partial charge is 0.191 e. The van der Waals surface area contributed by atoms with E-state index in [0.29, 0.717) is 0 Å². The molecule has 0 spiro atoms. The van der Waals surface area contributed by atoms with E-state index in [9.17, 15) is 0 Å². The van der Waals surface area contributed by atoms with Crippen LogP contribution in [0.2, 0.25) is 0 Å². The molecule has 0 aliphatic carbocycles. The van der Waals surface area contributed by atoms with Crippen molar-refractivity contribution in [1.82, 2.24) is 0 Å². The van der Waals surface area contributed by atoms with Gasteiger partial charge < -0.3 is 0 Å². The first-order valence-electron chi connectivity index (χ1n) is 4.88. The second-order valence-corrected chi connectivity index (χ2v) is 3.05. The quantitative estimate of drug-likeness (QED) is 0.498. The Balaban J connectivity index is 2.69. The highest BCUT2D eigenvalue weighted by Gasteiger charge is 1.96. The van der Waals surface area contributed by atoms with Crippen molar-refractivity contribution in [3.63, 3.8) is 0 Å². The van der Waals surface area contributed by atoms with E-state index in [1.165, 1.54) is 5.46 Å². The zero-order valence-electron chi connectivity index (χ0n) is 8.77. The van der Waals surface area contributed by atoms with Crippen LogP contribution in [-0.2, 0) is 0 Å². The molecule has 1 aromatic rings. The van der Waals surface area contributed by atoms with E-state index in [1.54, 1.807) is 6.08 Å². The SMILES string of the molecule is C=C/C=C\C=C(\[B]c1ccccc1)C=C. The van der Waals surface area contributed by atoms with Gasteiger partial charge in [0.15, 0.2) is 7.28 Å². The van der Waals surface area contributed by atoms with Gasteiger partial charge in [-0.2, -0.15) is 0 Å². The molecule has 0 heterocycles. The van der Waals surface area contributed by atoms with Gasteiger partial charge in [-0.3, -0.25) is 0 Å². The third-order valence-electron chi connectivity index (χ3n) is 1.90. The normalized spacial score (nSPS) is 11.3. The summed E-state index contributed by atoms with van der Waals surface area (Å²) in [6, 6.07) is 10.2. The minimum absolute atomic E-state index is 1.08. The molecule has 1 heteroatoms. The lowest BCUT2D eigenvalue weighted by atomic mass is 9.63. The van der Waals surface area contributed by atoms with Crippen LogP contribution in [0, 0.1) is 0 Å². The van der Waals surface area contributed by atoms with Crippen molar-refractivity contribution in [1.29, 1.82) is 0 Å². The zero-order chi connectivity index (χ0) is 10.9. The molecule has 1 aromatic carbocycles. The molecule has 0 atom stereocenters. The Morgan fingerprint density at radius 2 is 1.80 bits per heavy atom. The van der Waals surface area contributed by atoms with Gasteiger partial charge >= 0.3 is 0 Å². The molecular formula is C14H14B.